The Bertz CT molecular complexity index is 718. The molecule has 0 spiro atoms. The minimum atomic E-state index is 0.746. The third kappa shape index (κ3) is 3.11. The van der Waals surface area contributed by atoms with E-state index < -0.39 is 0 Å². The molecule has 3 aromatic heterocycles. The number of rotatable bonds is 5. The molecular formula is C15H17N5S. The lowest BCUT2D eigenvalue weighted by Crippen LogP contribution is -2.04. The van der Waals surface area contributed by atoms with Gasteiger partial charge in [0.15, 0.2) is 5.82 Å². The summed E-state index contributed by atoms with van der Waals surface area (Å²) in [6.07, 6.45) is 4.84. The lowest BCUT2D eigenvalue weighted by molar-refractivity contribution is 0.768. The van der Waals surface area contributed by atoms with Crippen LogP contribution < -0.4 is 5.32 Å². The van der Waals surface area contributed by atoms with E-state index in [1.165, 1.54) is 0 Å². The molecule has 0 atom stereocenters. The second-order valence-electron chi connectivity index (χ2n) is 4.80. The molecule has 5 nitrogen and oxygen atoms in total. The van der Waals surface area contributed by atoms with Crippen molar-refractivity contribution in [3.63, 3.8) is 0 Å². The van der Waals surface area contributed by atoms with Crippen LogP contribution in [-0.4, -0.2) is 26.3 Å². The van der Waals surface area contributed by atoms with Crippen LogP contribution in [0.1, 0.15) is 13.3 Å². The molecule has 3 rings (SSSR count). The maximum atomic E-state index is 4.67. The maximum Gasteiger partial charge on any atom is 0.162 e. The highest BCUT2D eigenvalue weighted by atomic mass is 32.1. The molecule has 0 unspecified atom stereocenters. The number of thiophene rings is 1. The van der Waals surface area contributed by atoms with Crippen LogP contribution >= 0.6 is 11.3 Å². The third-order valence-electron chi connectivity index (χ3n) is 3.06. The number of nitrogens with zero attached hydrogens (tertiary/aromatic N) is 4. The van der Waals surface area contributed by atoms with Gasteiger partial charge in [-0.2, -0.15) is 16.4 Å². The molecular weight excluding hydrogens is 282 g/mol. The monoisotopic (exact) mass is 299 g/mol. The summed E-state index contributed by atoms with van der Waals surface area (Å²) in [4.78, 5) is 9.27. The summed E-state index contributed by atoms with van der Waals surface area (Å²) in [5.41, 5.74) is 2.93. The van der Waals surface area contributed by atoms with Crippen molar-refractivity contribution < 1.29 is 0 Å². The fourth-order valence-corrected chi connectivity index (χ4v) is 2.65. The van der Waals surface area contributed by atoms with Crippen LogP contribution in [0.4, 0.5) is 5.82 Å². The van der Waals surface area contributed by atoms with Crippen LogP contribution in [0.25, 0.3) is 22.6 Å². The molecule has 21 heavy (non-hydrogen) atoms. The minimum absolute atomic E-state index is 0.746. The van der Waals surface area contributed by atoms with E-state index in [-0.39, 0.29) is 0 Å². The molecule has 1 N–H and O–H groups in total. The van der Waals surface area contributed by atoms with Gasteiger partial charge < -0.3 is 5.32 Å². The molecule has 3 aromatic rings. The Labute approximate surface area is 127 Å². The van der Waals surface area contributed by atoms with Gasteiger partial charge in [0, 0.05) is 42.4 Å². The molecule has 3 heterocycles. The molecule has 0 aliphatic heterocycles. The molecule has 0 bridgehead atoms. The molecule has 0 aliphatic carbocycles. The van der Waals surface area contributed by atoms with Crippen LogP contribution in [-0.2, 0) is 7.05 Å². The van der Waals surface area contributed by atoms with Crippen LogP contribution in [0, 0.1) is 0 Å². The smallest absolute Gasteiger partial charge is 0.162 e. The zero-order chi connectivity index (χ0) is 14.7. The predicted molar refractivity (Wildman–Crippen MR) is 86.3 cm³/mol. The van der Waals surface area contributed by atoms with E-state index in [0.29, 0.717) is 0 Å². The van der Waals surface area contributed by atoms with Crippen LogP contribution in [0.15, 0.2) is 35.3 Å². The first-order valence-corrected chi connectivity index (χ1v) is 7.85. The zero-order valence-electron chi connectivity index (χ0n) is 12.1. The summed E-state index contributed by atoms with van der Waals surface area (Å²) in [7, 11) is 1.90. The van der Waals surface area contributed by atoms with E-state index in [9.17, 15) is 0 Å². The number of anilines is 1. The minimum Gasteiger partial charge on any atom is -0.370 e. The number of hydrogen-bond acceptors (Lipinski definition) is 5. The highest BCUT2D eigenvalue weighted by Gasteiger charge is 2.10. The first kappa shape index (κ1) is 13.8. The Morgan fingerprint density at radius 3 is 2.86 bits per heavy atom. The molecule has 0 radical (unpaired) electrons. The van der Waals surface area contributed by atoms with E-state index in [2.05, 4.69) is 32.7 Å². The standard InChI is InChI=1S/C15H17N5S/c1-3-5-16-14-7-13(12-8-17-20(2)9-12)18-15(19-14)11-4-6-21-10-11/h4,6-10H,3,5H2,1-2H3,(H,16,18,19). The van der Waals surface area contributed by atoms with E-state index in [1.54, 1.807) is 16.0 Å². The number of aryl methyl sites for hydroxylation is 1. The van der Waals surface area contributed by atoms with Crippen molar-refractivity contribution in [2.45, 2.75) is 13.3 Å². The maximum absolute atomic E-state index is 4.67. The molecule has 0 fully saturated rings. The third-order valence-corrected chi connectivity index (χ3v) is 3.75. The van der Waals surface area contributed by atoms with E-state index in [1.807, 2.05) is 37.0 Å². The largest absolute Gasteiger partial charge is 0.370 e. The average molecular weight is 299 g/mol. The fraction of sp³-hybridized carbons (Fsp3) is 0.267. The Balaban J connectivity index is 2.04. The first-order chi connectivity index (χ1) is 10.3. The van der Waals surface area contributed by atoms with E-state index in [4.69, 9.17) is 0 Å². The van der Waals surface area contributed by atoms with Crippen molar-refractivity contribution in [2.24, 2.45) is 7.05 Å². The Morgan fingerprint density at radius 2 is 2.19 bits per heavy atom. The van der Waals surface area contributed by atoms with E-state index in [0.717, 1.165) is 41.4 Å². The Hall–Kier alpha value is -2.21. The van der Waals surface area contributed by atoms with Crippen molar-refractivity contribution in [3.8, 4) is 22.6 Å². The summed E-state index contributed by atoms with van der Waals surface area (Å²) in [5.74, 6) is 1.60. The first-order valence-electron chi connectivity index (χ1n) is 6.91. The molecule has 0 saturated heterocycles. The Kier molecular flexibility index (Phi) is 3.96. The summed E-state index contributed by atoms with van der Waals surface area (Å²) in [6.45, 7) is 3.03. The van der Waals surface area contributed by atoms with Crippen LogP contribution in [0.5, 0.6) is 0 Å². The van der Waals surface area contributed by atoms with Crippen LogP contribution in [0.2, 0.25) is 0 Å². The molecule has 0 aliphatic rings. The SMILES string of the molecule is CCCNc1cc(-c2cnn(C)c2)nc(-c2ccsc2)n1. The van der Waals surface area contributed by atoms with Crippen molar-refractivity contribution in [1.29, 1.82) is 0 Å². The van der Waals surface area contributed by atoms with Gasteiger partial charge in [-0.15, -0.1) is 0 Å². The van der Waals surface area contributed by atoms with Gasteiger partial charge in [-0.25, -0.2) is 9.97 Å². The van der Waals surface area contributed by atoms with Crippen molar-refractivity contribution >= 4 is 17.2 Å². The van der Waals surface area contributed by atoms with Gasteiger partial charge in [0.05, 0.1) is 11.9 Å². The zero-order valence-corrected chi connectivity index (χ0v) is 12.9. The number of hydrogen-bond donors (Lipinski definition) is 1. The van der Waals surface area contributed by atoms with Gasteiger partial charge in [-0.3, -0.25) is 4.68 Å². The normalized spacial score (nSPS) is 10.8. The summed E-state index contributed by atoms with van der Waals surface area (Å²) in [6, 6.07) is 4.01. The molecule has 0 amide bonds. The van der Waals surface area contributed by atoms with Gasteiger partial charge in [-0.05, 0) is 17.9 Å². The topological polar surface area (TPSA) is 55.6 Å². The lowest BCUT2D eigenvalue weighted by Gasteiger charge is -2.08. The van der Waals surface area contributed by atoms with Crippen molar-refractivity contribution in [2.75, 3.05) is 11.9 Å². The molecule has 108 valence electrons. The Morgan fingerprint density at radius 1 is 1.29 bits per heavy atom. The van der Waals surface area contributed by atoms with Gasteiger partial charge >= 0.3 is 0 Å². The summed E-state index contributed by atoms with van der Waals surface area (Å²) in [5, 5.41) is 11.7. The predicted octanol–water partition coefficient (Wildman–Crippen LogP) is 3.43. The summed E-state index contributed by atoms with van der Waals surface area (Å²) >= 11 is 1.65. The second kappa shape index (κ2) is 6.05. The highest BCUT2D eigenvalue weighted by molar-refractivity contribution is 7.08. The fourth-order valence-electron chi connectivity index (χ4n) is 2.01. The highest BCUT2D eigenvalue weighted by Crippen LogP contribution is 2.25. The molecule has 6 heteroatoms. The van der Waals surface area contributed by atoms with Gasteiger partial charge in [0.25, 0.3) is 0 Å². The number of nitrogens with one attached hydrogen (secondary N) is 1. The number of aromatic nitrogens is 4. The average Bonchev–Trinajstić information content (AvgIpc) is 3.16. The van der Waals surface area contributed by atoms with Gasteiger partial charge in [0.1, 0.15) is 5.82 Å². The quantitative estimate of drug-likeness (QED) is 0.784. The second-order valence-corrected chi connectivity index (χ2v) is 5.58. The van der Waals surface area contributed by atoms with Gasteiger partial charge in [0.2, 0.25) is 0 Å². The van der Waals surface area contributed by atoms with Crippen molar-refractivity contribution in [1.82, 2.24) is 19.7 Å². The van der Waals surface area contributed by atoms with Crippen molar-refractivity contribution in [3.05, 3.63) is 35.3 Å². The molecule has 0 saturated carbocycles. The van der Waals surface area contributed by atoms with Gasteiger partial charge in [-0.1, -0.05) is 6.92 Å². The van der Waals surface area contributed by atoms with Crippen LogP contribution in [0.3, 0.4) is 0 Å². The molecule has 0 aromatic carbocycles. The lowest BCUT2D eigenvalue weighted by atomic mass is 10.2. The van der Waals surface area contributed by atoms with E-state index >= 15 is 0 Å². The summed E-state index contributed by atoms with van der Waals surface area (Å²) < 4.78 is 1.78.